The van der Waals surface area contributed by atoms with Gasteiger partial charge in [-0.15, -0.1) is 0 Å². The zero-order valence-electron chi connectivity index (χ0n) is 14.6. The first-order chi connectivity index (χ1) is 11.9. The molecule has 3 aliphatic heterocycles. The number of carbonyl (C=O) groups excluding carboxylic acids is 1. The Hall–Kier alpha value is -1.59. The van der Waals surface area contributed by atoms with Crippen LogP contribution in [0.25, 0.3) is 0 Å². The number of furan rings is 1. The Labute approximate surface area is 146 Å². The first kappa shape index (κ1) is 14.6. The molecular weight excluding hydrogens is 320 g/mol. The van der Waals surface area contributed by atoms with E-state index in [1.165, 1.54) is 0 Å². The quantitative estimate of drug-likeness (QED) is 0.732. The fourth-order valence-electron chi connectivity index (χ4n) is 6.84. The van der Waals surface area contributed by atoms with Gasteiger partial charge in [0.2, 0.25) is 0 Å². The van der Waals surface area contributed by atoms with Crippen LogP contribution in [0, 0.1) is 10.8 Å². The van der Waals surface area contributed by atoms with Gasteiger partial charge in [-0.1, -0.05) is 13.0 Å². The fraction of sp³-hybridized carbons (Fsp3) is 0.650. The van der Waals surface area contributed by atoms with E-state index in [4.69, 9.17) is 18.6 Å². The van der Waals surface area contributed by atoms with Crippen molar-refractivity contribution in [2.45, 2.75) is 62.9 Å². The number of allylic oxidation sites excluding steroid dienone is 1. The molecule has 0 N–H and O–H groups in total. The van der Waals surface area contributed by atoms with Crippen molar-refractivity contribution in [1.82, 2.24) is 0 Å². The molecule has 0 radical (unpaired) electrons. The van der Waals surface area contributed by atoms with Gasteiger partial charge in [0.1, 0.15) is 6.61 Å². The van der Waals surface area contributed by atoms with Crippen LogP contribution in [0.2, 0.25) is 0 Å². The molecule has 1 aromatic rings. The van der Waals surface area contributed by atoms with Crippen molar-refractivity contribution in [3.8, 4) is 0 Å². The Morgan fingerprint density at radius 3 is 2.80 bits per heavy atom. The zero-order chi connectivity index (χ0) is 17.1. The Bertz CT molecular complexity index is 827. The number of ether oxygens (including phenoxy) is 3. The van der Waals surface area contributed by atoms with Gasteiger partial charge in [-0.25, -0.2) is 4.79 Å². The minimum atomic E-state index is -0.780. The van der Waals surface area contributed by atoms with Crippen LogP contribution in [0.4, 0.5) is 0 Å². The molecule has 2 bridgehead atoms. The van der Waals surface area contributed by atoms with Crippen LogP contribution >= 0.6 is 0 Å². The molecule has 1 saturated carbocycles. The first-order valence-electron chi connectivity index (χ1n) is 9.21. The molecule has 4 heterocycles. The lowest BCUT2D eigenvalue weighted by atomic mass is 9.44. The minimum absolute atomic E-state index is 0.157. The van der Waals surface area contributed by atoms with E-state index in [9.17, 15) is 4.79 Å². The van der Waals surface area contributed by atoms with Gasteiger partial charge in [0, 0.05) is 23.0 Å². The molecule has 3 saturated heterocycles. The van der Waals surface area contributed by atoms with Crippen molar-refractivity contribution in [3.05, 3.63) is 35.8 Å². The Morgan fingerprint density at radius 2 is 2.00 bits per heavy atom. The largest absolute Gasteiger partial charge is 0.472 e. The van der Waals surface area contributed by atoms with Crippen LogP contribution < -0.4 is 0 Å². The maximum atomic E-state index is 12.4. The van der Waals surface area contributed by atoms with Crippen molar-refractivity contribution < 1.29 is 23.4 Å². The molecule has 0 aromatic carbocycles. The molecule has 132 valence electrons. The second-order valence-corrected chi connectivity index (χ2v) is 8.85. The predicted octanol–water partition coefficient (Wildman–Crippen LogP) is 3.44. The highest BCUT2D eigenvalue weighted by molar-refractivity contribution is 5.93. The normalized spacial score (nSPS) is 52.6. The highest BCUT2D eigenvalue weighted by Crippen LogP contribution is 2.79. The minimum Gasteiger partial charge on any atom is -0.472 e. The SMILES string of the molecule is C[C@@]12C[C@@]3(c4ccoc4)O[C@@]14CCC=C1C(=O)OC[C@]14CC[C@]2(C)O3. The third-order valence-corrected chi connectivity index (χ3v) is 8.17. The van der Waals surface area contributed by atoms with Crippen LogP contribution in [-0.4, -0.2) is 23.8 Å². The number of esters is 1. The third-order valence-electron chi connectivity index (χ3n) is 8.17. The van der Waals surface area contributed by atoms with E-state index in [-0.39, 0.29) is 22.4 Å². The molecule has 2 aliphatic carbocycles. The predicted molar refractivity (Wildman–Crippen MR) is 86.4 cm³/mol. The van der Waals surface area contributed by atoms with Gasteiger partial charge in [0.15, 0.2) is 5.79 Å². The average Bonchev–Trinajstić information content (AvgIpc) is 3.29. The van der Waals surface area contributed by atoms with Crippen LogP contribution in [0.5, 0.6) is 0 Å². The summed E-state index contributed by atoms with van der Waals surface area (Å²) in [6.07, 6.45) is 9.81. The second-order valence-electron chi connectivity index (χ2n) is 8.85. The van der Waals surface area contributed by atoms with E-state index in [1.54, 1.807) is 12.5 Å². The fourth-order valence-corrected chi connectivity index (χ4v) is 6.84. The van der Waals surface area contributed by atoms with Crippen molar-refractivity contribution in [3.63, 3.8) is 0 Å². The van der Waals surface area contributed by atoms with Crippen LogP contribution in [-0.2, 0) is 24.8 Å². The highest BCUT2D eigenvalue weighted by Gasteiger charge is 2.85. The highest BCUT2D eigenvalue weighted by atomic mass is 16.7. The smallest absolute Gasteiger partial charge is 0.334 e. The van der Waals surface area contributed by atoms with Crippen molar-refractivity contribution >= 4 is 5.97 Å². The Balaban J connectivity index is 1.61. The summed E-state index contributed by atoms with van der Waals surface area (Å²) in [4.78, 5) is 12.4. The summed E-state index contributed by atoms with van der Waals surface area (Å²) in [6.45, 7) is 4.96. The lowest BCUT2D eigenvalue weighted by Gasteiger charge is -2.65. The maximum Gasteiger partial charge on any atom is 0.334 e. The van der Waals surface area contributed by atoms with Gasteiger partial charge in [0.25, 0.3) is 0 Å². The first-order valence-corrected chi connectivity index (χ1v) is 9.21. The van der Waals surface area contributed by atoms with Crippen molar-refractivity contribution in [2.24, 2.45) is 10.8 Å². The monoisotopic (exact) mass is 342 g/mol. The molecule has 6 rings (SSSR count). The van der Waals surface area contributed by atoms with E-state index in [0.717, 1.165) is 43.2 Å². The summed E-state index contributed by atoms with van der Waals surface area (Å²) in [5, 5.41) is 0. The molecule has 1 aromatic heterocycles. The number of rotatable bonds is 1. The number of hydrogen-bond donors (Lipinski definition) is 0. The van der Waals surface area contributed by atoms with Gasteiger partial charge in [0.05, 0.1) is 29.1 Å². The standard InChI is InChI=1S/C20H22O5/c1-16-11-19(13-5-9-22-10-13)24-17(16,2)7-8-18-12-23-15(21)14(18)4-3-6-20(16,18)25-19/h4-5,9-10H,3,6-8,11-12H2,1-2H3/t16-,17-,18+,19-,20-/m0/s1. The van der Waals surface area contributed by atoms with Crippen LogP contribution in [0.3, 0.4) is 0 Å². The summed E-state index contributed by atoms with van der Waals surface area (Å²) in [5.41, 5.74) is 0.560. The molecule has 5 aliphatic rings. The molecule has 5 heteroatoms. The molecular formula is C20H22O5. The van der Waals surface area contributed by atoms with Crippen LogP contribution in [0.15, 0.2) is 34.7 Å². The summed E-state index contributed by atoms with van der Waals surface area (Å²) in [6, 6.07) is 1.94. The topological polar surface area (TPSA) is 57.9 Å². The third kappa shape index (κ3) is 1.25. The van der Waals surface area contributed by atoms with Crippen molar-refractivity contribution in [2.75, 3.05) is 6.61 Å². The van der Waals surface area contributed by atoms with Gasteiger partial charge >= 0.3 is 5.97 Å². The lowest BCUT2D eigenvalue weighted by Crippen LogP contribution is -2.72. The number of hydrogen-bond acceptors (Lipinski definition) is 5. The average molecular weight is 342 g/mol. The van der Waals surface area contributed by atoms with Gasteiger partial charge in [-0.3, -0.25) is 0 Å². The Kier molecular flexibility index (Phi) is 2.26. The van der Waals surface area contributed by atoms with Gasteiger partial charge in [-0.05, 0) is 38.7 Å². The van der Waals surface area contributed by atoms with Crippen LogP contribution in [0.1, 0.15) is 51.5 Å². The van der Waals surface area contributed by atoms with E-state index >= 15 is 0 Å². The molecule has 2 spiro atoms. The lowest BCUT2D eigenvalue weighted by molar-refractivity contribution is -0.392. The second kappa shape index (κ2) is 3.89. The van der Waals surface area contributed by atoms with E-state index in [0.29, 0.717) is 6.61 Å². The van der Waals surface area contributed by atoms with Gasteiger partial charge < -0.3 is 18.6 Å². The molecule has 5 nitrogen and oxygen atoms in total. The summed E-state index contributed by atoms with van der Waals surface area (Å²) >= 11 is 0. The molecule has 5 atom stereocenters. The Morgan fingerprint density at radius 1 is 1.12 bits per heavy atom. The van der Waals surface area contributed by atoms with E-state index in [1.807, 2.05) is 6.07 Å². The molecule has 0 amide bonds. The molecule has 0 unspecified atom stereocenters. The summed E-state index contributed by atoms with van der Waals surface area (Å²) < 4.78 is 24.5. The summed E-state index contributed by atoms with van der Waals surface area (Å²) in [5.74, 6) is -0.936. The molecule has 4 fully saturated rings. The zero-order valence-corrected chi connectivity index (χ0v) is 14.6. The van der Waals surface area contributed by atoms with Crippen molar-refractivity contribution in [1.29, 1.82) is 0 Å². The number of carbonyl (C=O) groups is 1. The molecule has 25 heavy (non-hydrogen) atoms. The number of fused-ring (bicyclic) bond motifs is 1. The summed E-state index contributed by atoms with van der Waals surface area (Å²) in [7, 11) is 0. The van der Waals surface area contributed by atoms with E-state index in [2.05, 4.69) is 19.9 Å². The maximum absolute atomic E-state index is 12.4. The van der Waals surface area contributed by atoms with Gasteiger partial charge in [-0.2, -0.15) is 0 Å². The number of cyclic esters (lactones) is 1. The van der Waals surface area contributed by atoms with E-state index < -0.39 is 11.4 Å².